The first-order valence-electron chi connectivity index (χ1n) is 4.56. The molecule has 0 saturated heterocycles. The van der Waals surface area contributed by atoms with Crippen LogP contribution in [-0.4, -0.2) is 33.6 Å². The van der Waals surface area contributed by atoms with Crippen LogP contribution in [0.3, 0.4) is 0 Å². The first-order valence-corrected chi connectivity index (χ1v) is 4.56. The maximum Gasteiger partial charge on any atom is 0.105 e. The molecule has 12 heavy (non-hydrogen) atoms. The average molecular weight is 176 g/mol. The fourth-order valence-electron chi connectivity index (χ4n) is 1.10. The molecular formula is C9H20O3. The van der Waals surface area contributed by atoms with E-state index >= 15 is 0 Å². The van der Waals surface area contributed by atoms with Crippen LogP contribution < -0.4 is 0 Å². The van der Waals surface area contributed by atoms with Gasteiger partial charge in [-0.05, 0) is 13.3 Å². The van der Waals surface area contributed by atoms with E-state index in [1.807, 2.05) is 0 Å². The van der Waals surface area contributed by atoms with E-state index in [1.54, 1.807) is 6.92 Å². The zero-order valence-corrected chi connectivity index (χ0v) is 7.95. The van der Waals surface area contributed by atoms with Gasteiger partial charge < -0.3 is 15.3 Å². The van der Waals surface area contributed by atoms with E-state index in [-0.39, 0.29) is 6.61 Å². The Balaban J connectivity index is 3.70. The molecule has 0 radical (unpaired) electrons. The van der Waals surface area contributed by atoms with E-state index in [0.717, 1.165) is 19.3 Å². The lowest BCUT2D eigenvalue weighted by atomic mass is 9.93. The summed E-state index contributed by atoms with van der Waals surface area (Å²) in [6.45, 7) is 3.26. The monoisotopic (exact) mass is 176 g/mol. The summed E-state index contributed by atoms with van der Waals surface area (Å²) in [6, 6.07) is 0. The number of aliphatic hydroxyl groups is 3. The summed E-state index contributed by atoms with van der Waals surface area (Å²) in [5.74, 6) is 0. The van der Waals surface area contributed by atoms with Crippen LogP contribution >= 0.6 is 0 Å². The highest BCUT2D eigenvalue weighted by molar-refractivity contribution is 4.80. The van der Waals surface area contributed by atoms with Crippen molar-refractivity contribution in [2.75, 3.05) is 6.61 Å². The minimum Gasteiger partial charge on any atom is -0.394 e. The lowest BCUT2D eigenvalue weighted by Crippen LogP contribution is -2.41. The van der Waals surface area contributed by atoms with Crippen LogP contribution in [0.1, 0.15) is 39.5 Å². The molecular weight excluding hydrogens is 156 g/mol. The summed E-state index contributed by atoms with van der Waals surface area (Å²) in [4.78, 5) is 0. The SMILES string of the molecule is CCCCCC(C)(O)C(O)CO. The molecule has 0 bridgehead atoms. The van der Waals surface area contributed by atoms with Crippen LogP contribution in [0.25, 0.3) is 0 Å². The van der Waals surface area contributed by atoms with Crippen molar-refractivity contribution in [2.45, 2.75) is 51.2 Å². The standard InChI is InChI=1S/C9H20O3/c1-3-4-5-6-9(2,12)8(11)7-10/h8,10-12H,3-7H2,1-2H3. The van der Waals surface area contributed by atoms with Crippen LogP contribution in [0.5, 0.6) is 0 Å². The zero-order valence-electron chi connectivity index (χ0n) is 7.95. The number of hydrogen-bond donors (Lipinski definition) is 3. The third-order valence-corrected chi connectivity index (χ3v) is 2.18. The van der Waals surface area contributed by atoms with Gasteiger partial charge in [0.15, 0.2) is 0 Å². The summed E-state index contributed by atoms with van der Waals surface area (Å²) in [6.07, 6.45) is 2.55. The Morgan fingerprint density at radius 3 is 2.33 bits per heavy atom. The Hall–Kier alpha value is -0.120. The highest BCUT2D eigenvalue weighted by Crippen LogP contribution is 2.18. The molecule has 0 spiro atoms. The van der Waals surface area contributed by atoms with E-state index in [1.165, 1.54) is 0 Å². The van der Waals surface area contributed by atoms with Gasteiger partial charge in [0.25, 0.3) is 0 Å². The molecule has 0 fully saturated rings. The van der Waals surface area contributed by atoms with Gasteiger partial charge in [0.2, 0.25) is 0 Å². The topological polar surface area (TPSA) is 60.7 Å². The molecule has 0 aromatic heterocycles. The summed E-state index contributed by atoms with van der Waals surface area (Å²) in [7, 11) is 0. The lowest BCUT2D eigenvalue weighted by molar-refractivity contribution is -0.0882. The van der Waals surface area contributed by atoms with Gasteiger partial charge >= 0.3 is 0 Å². The molecule has 0 aliphatic carbocycles. The van der Waals surface area contributed by atoms with Gasteiger partial charge in [-0.15, -0.1) is 0 Å². The Morgan fingerprint density at radius 2 is 1.92 bits per heavy atom. The molecule has 3 N–H and O–H groups in total. The quantitative estimate of drug-likeness (QED) is 0.521. The van der Waals surface area contributed by atoms with Gasteiger partial charge in [0.1, 0.15) is 6.10 Å². The van der Waals surface area contributed by atoms with E-state index in [9.17, 15) is 10.2 Å². The van der Waals surface area contributed by atoms with Crippen molar-refractivity contribution in [3.63, 3.8) is 0 Å². The lowest BCUT2D eigenvalue weighted by Gasteiger charge is -2.27. The summed E-state index contributed by atoms with van der Waals surface area (Å²) in [5, 5.41) is 27.4. The largest absolute Gasteiger partial charge is 0.394 e. The molecule has 0 rings (SSSR count). The zero-order chi connectivity index (χ0) is 9.61. The van der Waals surface area contributed by atoms with Crippen molar-refractivity contribution in [3.05, 3.63) is 0 Å². The molecule has 0 aromatic rings. The third-order valence-electron chi connectivity index (χ3n) is 2.18. The van der Waals surface area contributed by atoms with E-state index < -0.39 is 11.7 Å². The van der Waals surface area contributed by atoms with Crippen LogP contribution in [0.4, 0.5) is 0 Å². The highest BCUT2D eigenvalue weighted by Gasteiger charge is 2.28. The first-order chi connectivity index (χ1) is 5.54. The van der Waals surface area contributed by atoms with Gasteiger partial charge in [-0.3, -0.25) is 0 Å². The minimum absolute atomic E-state index is 0.376. The Kier molecular flexibility index (Phi) is 5.46. The van der Waals surface area contributed by atoms with Crippen LogP contribution in [0.2, 0.25) is 0 Å². The van der Waals surface area contributed by atoms with Crippen molar-refractivity contribution in [3.8, 4) is 0 Å². The van der Waals surface area contributed by atoms with E-state index in [2.05, 4.69) is 6.92 Å². The number of rotatable bonds is 6. The minimum atomic E-state index is -1.13. The summed E-state index contributed by atoms with van der Waals surface area (Å²) < 4.78 is 0. The summed E-state index contributed by atoms with van der Waals surface area (Å²) in [5.41, 5.74) is -1.13. The fourth-order valence-corrected chi connectivity index (χ4v) is 1.10. The van der Waals surface area contributed by atoms with Crippen molar-refractivity contribution in [2.24, 2.45) is 0 Å². The van der Waals surface area contributed by atoms with E-state index in [0.29, 0.717) is 6.42 Å². The molecule has 0 amide bonds. The third kappa shape index (κ3) is 4.04. The second kappa shape index (κ2) is 5.51. The Morgan fingerprint density at radius 1 is 1.33 bits per heavy atom. The molecule has 0 aliphatic heterocycles. The average Bonchev–Trinajstić information content (AvgIpc) is 2.03. The van der Waals surface area contributed by atoms with Gasteiger partial charge in [-0.2, -0.15) is 0 Å². The molecule has 0 saturated carbocycles. The van der Waals surface area contributed by atoms with Gasteiger partial charge in [0, 0.05) is 0 Å². The van der Waals surface area contributed by atoms with Crippen LogP contribution in [-0.2, 0) is 0 Å². The smallest absolute Gasteiger partial charge is 0.105 e. The van der Waals surface area contributed by atoms with E-state index in [4.69, 9.17) is 5.11 Å². The normalized spacial score (nSPS) is 18.8. The second-order valence-electron chi connectivity index (χ2n) is 3.51. The maximum absolute atomic E-state index is 9.60. The molecule has 0 aliphatic rings. The Bertz CT molecular complexity index is 112. The Labute approximate surface area is 74.0 Å². The summed E-state index contributed by atoms with van der Waals surface area (Å²) >= 11 is 0. The van der Waals surface area contributed by atoms with Crippen LogP contribution in [0, 0.1) is 0 Å². The number of aliphatic hydroxyl groups excluding tert-OH is 2. The van der Waals surface area contributed by atoms with Crippen molar-refractivity contribution < 1.29 is 15.3 Å². The molecule has 3 nitrogen and oxygen atoms in total. The molecule has 3 heteroatoms. The predicted octanol–water partition coefficient (Wildman–Crippen LogP) is 0.671. The first kappa shape index (κ1) is 11.9. The van der Waals surface area contributed by atoms with Crippen molar-refractivity contribution >= 4 is 0 Å². The molecule has 2 unspecified atom stereocenters. The molecule has 0 aromatic carbocycles. The number of unbranched alkanes of at least 4 members (excludes halogenated alkanes) is 2. The van der Waals surface area contributed by atoms with Crippen LogP contribution in [0.15, 0.2) is 0 Å². The second-order valence-corrected chi connectivity index (χ2v) is 3.51. The molecule has 74 valence electrons. The maximum atomic E-state index is 9.60. The fraction of sp³-hybridized carbons (Fsp3) is 1.00. The van der Waals surface area contributed by atoms with Gasteiger partial charge in [0.05, 0.1) is 12.2 Å². The molecule has 2 atom stereocenters. The predicted molar refractivity (Wildman–Crippen MR) is 47.9 cm³/mol. The highest BCUT2D eigenvalue weighted by atomic mass is 16.4. The van der Waals surface area contributed by atoms with Crippen molar-refractivity contribution in [1.82, 2.24) is 0 Å². The molecule has 0 heterocycles. The van der Waals surface area contributed by atoms with Gasteiger partial charge in [-0.25, -0.2) is 0 Å². The van der Waals surface area contributed by atoms with Gasteiger partial charge in [-0.1, -0.05) is 26.2 Å². The number of hydrogen-bond acceptors (Lipinski definition) is 3. The van der Waals surface area contributed by atoms with Crippen molar-refractivity contribution in [1.29, 1.82) is 0 Å².